The SMILES string of the molecule is CN1CCC(NC2CCC(N)CC2)CC1. The second-order valence-corrected chi connectivity index (χ2v) is 5.36. The smallest absolute Gasteiger partial charge is 0.00939 e. The van der Waals surface area contributed by atoms with Gasteiger partial charge in [-0.3, -0.25) is 0 Å². The third-order valence-corrected chi connectivity index (χ3v) is 3.96. The van der Waals surface area contributed by atoms with Gasteiger partial charge in [-0.1, -0.05) is 0 Å². The highest BCUT2D eigenvalue weighted by Gasteiger charge is 2.23. The number of nitrogens with zero attached hydrogens (tertiary/aromatic N) is 1. The van der Waals surface area contributed by atoms with E-state index in [1.54, 1.807) is 0 Å². The van der Waals surface area contributed by atoms with Crippen molar-refractivity contribution in [2.75, 3.05) is 20.1 Å². The Kier molecular flexibility index (Phi) is 4.00. The zero-order valence-electron chi connectivity index (χ0n) is 9.91. The Morgan fingerprint density at radius 1 is 0.933 bits per heavy atom. The van der Waals surface area contributed by atoms with Crippen LogP contribution >= 0.6 is 0 Å². The van der Waals surface area contributed by atoms with Crippen molar-refractivity contribution in [1.29, 1.82) is 0 Å². The summed E-state index contributed by atoms with van der Waals surface area (Å²) in [4.78, 5) is 2.43. The fraction of sp³-hybridized carbons (Fsp3) is 1.00. The van der Waals surface area contributed by atoms with Crippen LogP contribution in [0.25, 0.3) is 0 Å². The molecule has 0 bridgehead atoms. The molecule has 0 spiro atoms. The summed E-state index contributed by atoms with van der Waals surface area (Å²) in [6, 6.07) is 1.99. The summed E-state index contributed by atoms with van der Waals surface area (Å²) in [6.07, 6.45) is 7.63. The topological polar surface area (TPSA) is 41.3 Å². The van der Waals surface area contributed by atoms with Gasteiger partial charge in [0.05, 0.1) is 0 Å². The van der Waals surface area contributed by atoms with Crippen molar-refractivity contribution < 1.29 is 0 Å². The molecule has 1 saturated heterocycles. The van der Waals surface area contributed by atoms with Gasteiger partial charge in [0, 0.05) is 18.1 Å². The zero-order chi connectivity index (χ0) is 10.7. The van der Waals surface area contributed by atoms with Crippen LogP contribution in [0.3, 0.4) is 0 Å². The summed E-state index contributed by atoms with van der Waals surface area (Å²) >= 11 is 0. The largest absolute Gasteiger partial charge is 0.328 e. The van der Waals surface area contributed by atoms with Gasteiger partial charge in [-0.25, -0.2) is 0 Å². The van der Waals surface area contributed by atoms with Gasteiger partial charge in [0.1, 0.15) is 0 Å². The molecule has 0 unspecified atom stereocenters. The van der Waals surface area contributed by atoms with Gasteiger partial charge in [0.2, 0.25) is 0 Å². The molecule has 0 aromatic carbocycles. The molecule has 2 aliphatic rings. The van der Waals surface area contributed by atoms with E-state index in [2.05, 4.69) is 17.3 Å². The lowest BCUT2D eigenvalue weighted by Crippen LogP contribution is -2.47. The predicted octanol–water partition coefficient (Wildman–Crippen LogP) is 0.940. The third kappa shape index (κ3) is 3.44. The number of nitrogens with one attached hydrogen (secondary N) is 1. The molecule has 3 heteroatoms. The lowest BCUT2D eigenvalue weighted by molar-refractivity contribution is 0.210. The van der Waals surface area contributed by atoms with Gasteiger partial charge in [0.15, 0.2) is 0 Å². The molecule has 0 aromatic heterocycles. The monoisotopic (exact) mass is 211 g/mol. The summed E-state index contributed by atoms with van der Waals surface area (Å²) in [7, 11) is 2.22. The molecule has 1 heterocycles. The number of rotatable bonds is 2. The number of nitrogens with two attached hydrogens (primary N) is 1. The van der Waals surface area contributed by atoms with Crippen molar-refractivity contribution in [2.45, 2.75) is 56.7 Å². The van der Waals surface area contributed by atoms with Crippen LogP contribution in [0.5, 0.6) is 0 Å². The highest BCUT2D eigenvalue weighted by atomic mass is 15.1. The van der Waals surface area contributed by atoms with E-state index in [0.29, 0.717) is 6.04 Å². The summed E-state index contributed by atoms with van der Waals surface area (Å²) < 4.78 is 0. The minimum absolute atomic E-state index is 0.473. The first-order valence-corrected chi connectivity index (χ1v) is 6.44. The molecule has 0 radical (unpaired) electrons. The first kappa shape index (κ1) is 11.4. The third-order valence-electron chi connectivity index (χ3n) is 3.96. The molecular formula is C12H25N3. The van der Waals surface area contributed by atoms with E-state index in [-0.39, 0.29) is 0 Å². The second kappa shape index (κ2) is 5.28. The van der Waals surface area contributed by atoms with E-state index in [0.717, 1.165) is 12.1 Å². The number of likely N-dealkylation sites (tertiary alicyclic amines) is 1. The maximum Gasteiger partial charge on any atom is 0.00939 e. The summed E-state index contributed by atoms with van der Waals surface area (Å²) in [5, 5.41) is 3.82. The first-order chi connectivity index (χ1) is 7.24. The van der Waals surface area contributed by atoms with Crippen LogP contribution in [-0.4, -0.2) is 43.2 Å². The minimum Gasteiger partial charge on any atom is -0.328 e. The van der Waals surface area contributed by atoms with Crippen LogP contribution in [-0.2, 0) is 0 Å². The average molecular weight is 211 g/mol. The van der Waals surface area contributed by atoms with Crippen LogP contribution in [0.1, 0.15) is 38.5 Å². The van der Waals surface area contributed by atoms with Gasteiger partial charge in [-0.2, -0.15) is 0 Å². The van der Waals surface area contributed by atoms with Crippen LogP contribution in [0, 0.1) is 0 Å². The molecule has 88 valence electrons. The Hall–Kier alpha value is -0.120. The molecule has 2 fully saturated rings. The van der Waals surface area contributed by atoms with E-state index in [1.807, 2.05) is 0 Å². The zero-order valence-corrected chi connectivity index (χ0v) is 9.91. The Morgan fingerprint density at radius 2 is 1.47 bits per heavy atom. The molecule has 3 nitrogen and oxygen atoms in total. The molecule has 3 N–H and O–H groups in total. The maximum atomic E-state index is 5.91. The van der Waals surface area contributed by atoms with Gasteiger partial charge < -0.3 is 16.0 Å². The second-order valence-electron chi connectivity index (χ2n) is 5.36. The molecule has 1 aliphatic carbocycles. The van der Waals surface area contributed by atoms with Crippen molar-refractivity contribution in [3.8, 4) is 0 Å². The summed E-state index contributed by atoms with van der Waals surface area (Å²) in [5.74, 6) is 0. The van der Waals surface area contributed by atoms with E-state index in [1.165, 1.54) is 51.6 Å². The average Bonchev–Trinajstić information content (AvgIpc) is 2.25. The molecule has 1 saturated carbocycles. The summed E-state index contributed by atoms with van der Waals surface area (Å²) in [5.41, 5.74) is 5.91. The first-order valence-electron chi connectivity index (χ1n) is 6.44. The fourth-order valence-electron chi connectivity index (χ4n) is 2.79. The van der Waals surface area contributed by atoms with E-state index in [9.17, 15) is 0 Å². The molecule has 0 atom stereocenters. The van der Waals surface area contributed by atoms with Gasteiger partial charge >= 0.3 is 0 Å². The van der Waals surface area contributed by atoms with Crippen LogP contribution < -0.4 is 11.1 Å². The highest BCUT2D eigenvalue weighted by molar-refractivity contribution is 4.84. The quantitative estimate of drug-likeness (QED) is 0.714. The van der Waals surface area contributed by atoms with Gasteiger partial charge in [-0.05, 0) is 58.7 Å². The van der Waals surface area contributed by atoms with Crippen LogP contribution in [0.4, 0.5) is 0 Å². The minimum atomic E-state index is 0.473. The normalized spacial score (nSPS) is 35.6. The van der Waals surface area contributed by atoms with Crippen LogP contribution in [0.2, 0.25) is 0 Å². The number of hydrogen-bond donors (Lipinski definition) is 2. The molecular weight excluding hydrogens is 186 g/mol. The van der Waals surface area contributed by atoms with Crippen molar-refractivity contribution in [1.82, 2.24) is 10.2 Å². The Morgan fingerprint density at radius 3 is 2.07 bits per heavy atom. The van der Waals surface area contributed by atoms with Crippen molar-refractivity contribution in [3.63, 3.8) is 0 Å². The Bertz CT molecular complexity index is 159. The van der Waals surface area contributed by atoms with E-state index >= 15 is 0 Å². The standard InChI is InChI=1S/C12H25N3/c1-15-8-6-12(7-9-15)14-11-4-2-10(13)3-5-11/h10-12,14H,2-9,13H2,1H3. The number of piperidine rings is 1. The molecule has 0 amide bonds. The van der Waals surface area contributed by atoms with Gasteiger partial charge in [-0.15, -0.1) is 0 Å². The Balaban J connectivity index is 1.68. The van der Waals surface area contributed by atoms with Crippen LogP contribution in [0.15, 0.2) is 0 Å². The Labute approximate surface area is 93.4 Å². The highest BCUT2D eigenvalue weighted by Crippen LogP contribution is 2.19. The van der Waals surface area contributed by atoms with E-state index < -0.39 is 0 Å². The molecule has 1 aliphatic heterocycles. The number of hydrogen-bond acceptors (Lipinski definition) is 3. The fourth-order valence-corrected chi connectivity index (χ4v) is 2.79. The lowest BCUT2D eigenvalue weighted by atomic mass is 9.90. The molecule has 2 rings (SSSR count). The lowest BCUT2D eigenvalue weighted by Gasteiger charge is -2.35. The predicted molar refractivity (Wildman–Crippen MR) is 63.9 cm³/mol. The van der Waals surface area contributed by atoms with E-state index in [4.69, 9.17) is 5.73 Å². The van der Waals surface area contributed by atoms with Crippen molar-refractivity contribution in [3.05, 3.63) is 0 Å². The maximum absolute atomic E-state index is 5.91. The molecule has 0 aromatic rings. The summed E-state index contributed by atoms with van der Waals surface area (Å²) in [6.45, 7) is 2.51. The molecule has 15 heavy (non-hydrogen) atoms. The van der Waals surface area contributed by atoms with Crippen molar-refractivity contribution >= 4 is 0 Å². The van der Waals surface area contributed by atoms with Crippen molar-refractivity contribution in [2.24, 2.45) is 5.73 Å². The van der Waals surface area contributed by atoms with Gasteiger partial charge in [0.25, 0.3) is 0 Å².